The number of carbonyl (C=O) groups excluding carboxylic acids is 1. The highest BCUT2D eigenvalue weighted by molar-refractivity contribution is 7.91. The first-order valence-electron chi connectivity index (χ1n) is 7.69. The molecule has 1 amide bonds. The predicted octanol–water partition coefficient (Wildman–Crippen LogP) is 2.57. The third-order valence-corrected chi connectivity index (χ3v) is 5.36. The normalized spacial score (nSPS) is 11.0. The van der Waals surface area contributed by atoms with E-state index in [1.807, 2.05) is 24.3 Å². The van der Waals surface area contributed by atoms with Crippen LogP contribution in [-0.4, -0.2) is 27.2 Å². The molecule has 2 aromatic rings. The SMILES string of the molecule is COc1cccc(CNC(=O)CCCS(=O)(=O)c2ccccc2)c1. The summed E-state index contributed by atoms with van der Waals surface area (Å²) in [6, 6.07) is 15.7. The minimum absolute atomic E-state index is 0.0381. The van der Waals surface area contributed by atoms with E-state index in [0.717, 1.165) is 11.3 Å². The van der Waals surface area contributed by atoms with Gasteiger partial charge in [0, 0.05) is 13.0 Å². The molecule has 0 heterocycles. The highest BCUT2D eigenvalue weighted by Crippen LogP contribution is 2.13. The van der Waals surface area contributed by atoms with E-state index >= 15 is 0 Å². The minimum atomic E-state index is -3.33. The first-order valence-corrected chi connectivity index (χ1v) is 9.34. The second-order valence-electron chi connectivity index (χ2n) is 5.36. The zero-order valence-electron chi connectivity index (χ0n) is 13.6. The Labute approximate surface area is 142 Å². The van der Waals surface area contributed by atoms with Gasteiger partial charge in [0.15, 0.2) is 9.84 Å². The van der Waals surface area contributed by atoms with Crippen LogP contribution >= 0.6 is 0 Å². The van der Waals surface area contributed by atoms with E-state index in [0.29, 0.717) is 17.9 Å². The number of methoxy groups -OCH3 is 1. The third kappa shape index (κ3) is 5.38. The van der Waals surface area contributed by atoms with Crippen LogP contribution in [0.2, 0.25) is 0 Å². The number of benzene rings is 2. The summed E-state index contributed by atoms with van der Waals surface area (Å²) in [6.07, 6.45) is 0.469. The van der Waals surface area contributed by atoms with E-state index in [4.69, 9.17) is 4.74 Å². The maximum Gasteiger partial charge on any atom is 0.220 e. The average molecular weight is 347 g/mol. The topological polar surface area (TPSA) is 72.5 Å². The molecular formula is C18H21NO4S. The summed E-state index contributed by atoms with van der Waals surface area (Å²) >= 11 is 0. The van der Waals surface area contributed by atoms with Crippen molar-refractivity contribution in [3.8, 4) is 5.75 Å². The maximum absolute atomic E-state index is 12.1. The van der Waals surface area contributed by atoms with Gasteiger partial charge in [-0.1, -0.05) is 30.3 Å². The third-order valence-electron chi connectivity index (χ3n) is 3.54. The van der Waals surface area contributed by atoms with Gasteiger partial charge < -0.3 is 10.1 Å². The van der Waals surface area contributed by atoms with Gasteiger partial charge in [0.2, 0.25) is 5.91 Å². The summed E-state index contributed by atoms with van der Waals surface area (Å²) < 4.78 is 29.4. The lowest BCUT2D eigenvalue weighted by Gasteiger charge is -2.07. The Morgan fingerprint density at radius 3 is 2.54 bits per heavy atom. The Morgan fingerprint density at radius 1 is 1.08 bits per heavy atom. The smallest absolute Gasteiger partial charge is 0.220 e. The molecule has 0 aliphatic heterocycles. The highest BCUT2D eigenvalue weighted by atomic mass is 32.2. The van der Waals surface area contributed by atoms with Crippen molar-refractivity contribution in [3.05, 3.63) is 60.2 Å². The zero-order valence-corrected chi connectivity index (χ0v) is 14.4. The van der Waals surface area contributed by atoms with Crippen LogP contribution in [0.15, 0.2) is 59.5 Å². The monoisotopic (exact) mass is 347 g/mol. The number of nitrogens with one attached hydrogen (secondary N) is 1. The summed E-state index contributed by atoms with van der Waals surface area (Å²) in [5.74, 6) is 0.528. The van der Waals surface area contributed by atoms with E-state index in [1.54, 1.807) is 37.4 Å². The van der Waals surface area contributed by atoms with Crippen LogP contribution in [-0.2, 0) is 21.2 Å². The van der Waals surface area contributed by atoms with Crippen molar-refractivity contribution < 1.29 is 17.9 Å². The molecule has 0 unspecified atom stereocenters. The lowest BCUT2D eigenvalue weighted by molar-refractivity contribution is -0.121. The number of sulfone groups is 1. The predicted molar refractivity (Wildman–Crippen MR) is 92.6 cm³/mol. The Morgan fingerprint density at radius 2 is 1.83 bits per heavy atom. The van der Waals surface area contributed by atoms with Crippen molar-refractivity contribution in [2.24, 2.45) is 0 Å². The van der Waals surface area contributed by atoms with Crippen LogP contribution in [0, 0.1) is 0 Å². The second-order valence-corrected chi connectivity index (χ2v) is 7.47. The Hall–Kier alpha value is -2.34. The van der Waals surface area contributed by atoms with Gasteiger partial charge in [-0.3, -0.25) is 4.79 Å². The number of hydrogen-bond acceptors (Lipinski definition) is 4. The number of amides is 1. The lowest BCUT2D eigenvalue weighted by Crippen LogP contribution is -2.23. The van der Waals surface area contributed by atoms with Crippen LogP contribution < -0.4 is 10.1 Å². The number of ether oxygens (including phenoxy) is 1. The van der Waals surface area contributed by atoms with Crippen LogP contribution in [0.1, 0.15) is 18.4 Å². The first-order chi connectivity index (χ1) is 11.5. The Balaban J connectivity index is 1.77. The maximum atomic E-state index is 12.1. The van der Waals surface area contributed by atoms with Crippen LogP contribution in [0.5, 0.6) is 5.75 Å². The average Bonchev–Trinajstić information content (AvgIpc) is 2.61. The molecule has 5 nitrogen and oxygen atoms in total. The molecule has 128 valence electrons. The summed E-state index contributed by atoms with van der Waals surface area (Å²) in [5, 5.41) is 2.79. The first kappa shape index (κ1) is 18.0. The molecule has 0 aliphatic rings. The fourth-order valence-corrected chi connectivity index (χ4v) is 3.57. The second kappa shape index (κ2) is 8.49. The number of hydrogen-bond donors (Lipinski definition) is 1. The molecule has 0 spiro atoms. The van der Waals surface area contributed by atoms with Gasteiger partial charge >= 0.3 is 0 Å². The van der Waals surface area contributed by atoms with E-state index in [2.05, 4.69) is 5.32 Å². The van der Waals surface area contributed by atoms with Gasteiger partial charge in [-0.2, -0.15) is 0 Å². The van der Waals surface area contributed by atoms with Crippen molar-refractivity contribution >= 4 is 15.7 Å². The molecule has 0 saturated heterocycles. The highest BCUT2D eigenvalue weighted by Gasteiger charge is 2.14. The van der Waals surface area contributed by atoms with Crippen LogP contribution in [0.4, 0.5) is 0 Å². The van der Waals surface area contributed by atoms with Gasteiger partial charge in [-0.05, 0) is 36.2 Å². The lowest BCUT2D eigenvalue weighted by atomic mass is 10.2. The molecule has 1 N–H and O–H groups in total. The van der Waals surface area contributed by atoms with Crippen molar-refractivity contribution in [1.82, 2.24) is 5.32 Å². The zero-order chi connectivity index (χ0) is 17.4. The van der Waals surface area contributed by atoms with E-state index in [9.17, 15) is 13.2 Å². The van der Waals surface area contributed by atoms with E-state index in [1.165, 1.54) is 0 Å². The van der Waals surface area contributed by atoms with Crippen LogP contribution in [0.3, 0.4) is 0 Å². The van der Waals surface area contributed by atoms with Gasteiger partial charge in [-0.25, -0.2) is 8.42 Å². The van der Waals surface area contributed by atoms with Gasteiger partial charge in [0.25, 0.3) is 0 Å². The molecule has 2 rings (SSSR count). The minimum Gasteiger partial charge on any atom is -0.497 e. The van der Waals surface area contributed by atoms with Crippen molar-refractivity contribution in [2.75, 3.05) is 12.9 Å². The van der Waals surface area contributed by atoms with Gasteiger partial charge in [0.1, 0.15) is 5.75 Å². The molecule has 0 saturated carbocycles. The van der Waals surface area contributed by atoms with Crippen LogP contribution in [0.25, 0.3) is 0 Å². The van der Waals surface area contributed by atoms with E-state index in [-0.39, 0.29) is 18.1 Å². The number of carbonyl (C=O) groups is 1. The fraction of sp³-hybridized carbons (Fsp3) is 0.278. The molecule has 6 heteroatoms. The van der Waals surface area contributed by atoms with Crippen molar-refractivity contribution in [3.63, 3.8) is 0 Å². The van der Waals surface area contributed by atoms with E-state index < -0.39 is 9.84 Å². The van der Waals surface area contributed by atoms with Crippen molar-refractivity contribution in [1.29, 1.82) is 0 Å². The van der Waals surface area contributed by atoms with Gasteiger partial charge in [-0.15, -0.1) is 0 Å². The summed E-state index contributed by atoms with van der Waals surface area (Å²) in [6.45, 7) is 0.390. The Bertz CT molecular complexity index is 773. The molecule has 0 radical (unpaired) electrons. The molecule has 0 aliphatic carbocycles. The van der Waals surface area contributed by atoms with Crippen molar-refractivity contribution in [2.45, 2.75) is 24.3 Å². The molecule has 0 atom stereocenters. The molecule has 0 bridgehead atoms. The molecule has 0 fully saturated rings. The molecular weight excluding hydrogens is 326 g/mol. The standard InChI is InChI=1S/C18H21NO4S/c1-23-16-8-5-7-15(13-16)14-19-18(20)11-6-12-24(21,22)17-9-3-2-4-10-17/h2-5,7-10,13H,6,11-12,14H2,1H3,(H,19,20). The molecule has 0 aromatic heterocycles. The summed E-state index contributed by atoms with van der Waals surface area (Å²) in [5.41, 5.74) is 0.930. The summed E-state index contributed by atoms with van der Waals surface area (Å²) in [7, 11) is -1.74. The number of rotatable bonds is 8. The summed E-state index contributed by atoms with van der Waals surface area (Å²) in [4.78, 5) is 12.1. The quantitative estimate of drug-likeness (QED) is 0.796. The molecule has 2 aromatic carbocycles. The van der Waals surface area contributed by atoms with Gasteiger partial charge in [0.05, 0.1) is 17.8 Å². The largest absolute Gasteiger partial charge is 0.497 e. The molecule has 24 heavy (non-hydrogen) atoms. The fourth-order valence-electron chi connectivity index (χ4n) is 2.24. The Kier molecular flexibility index (Phi) is 6.37.